The van der Waals surface area contributed by atoms with Gasteiger partial charge in [0.1, 0.15) is 17.0 Å². The first-order valence-electron chi connectivity index (χ1n) is 7.46. The van der Waals surface area contributed by atoms with Gasteiger partial charge in [0.05, 0.1) is 12.6 Å². The molecule has 0 atom stereocenters. The SMILES string of the molecule is CC(C)Oc1cccc(Cn2c(C(F)(F)F)ccc(C(N)=O)c2=O)c1. The molecule has 5 nitrogen and oxygen atoms in total. The number of amides is 1. The van der Waals surface area contributed by atoms with Gasteiger partial charge in [-0.1, -0.05) is 12.1 Å². The lowest BCUT2D eigenvalue weighted by Gasteiger charge is -2.17. The van der Waals surface area contributed by atoms with Crippen molar-refractivity contribution in [2.75, 3.05) is 0 Å². The molecule has 8 heteroatoms. The van der Waals surface area contributed by atoms with Crippen LogP contribution >= 0.6 is 0 Å². The van der Waals surface area contributed by atoms with Crippen molar-refractivity contribution in [3.63, 3.8) is 0 Å². The summed E-state index contributed by atoms with van der Waals surface area (Å²) in [5.74, 6) is -0.607. The molecule has 1 heterocycles. The van der Waals surface area contributed by atoms with E-state index >= 15 is 0 Å². The fourth-order valence-electron chi connectivity index (χ4n) is 2.34. The van der Waals surface area contributed by atoms with Gasteiger partial charge in [-0.3, -0.25) is 14.2 Å². The lowest BCUT2D eigenvalue weighted by atomic mass is 10.1. The number of primary amides is 1. The molecule has 0 fully saturated rings. The Labute approximate surface area is 141 Å². The highest BCUT2D eigenvalue weighted by molar-refractivity contribution is 5.92. The quantitative estimate of drug-likeness (QED) is 0.897. The number of halogens is 3. The zero-order valence-corrected chi connectivity index (χ0v) is 13.6. The molecule has 1 aromatic carbocycles. The van der Waals surface area contributed by atoms with E-state index in [0.717, 1.165) is 6.07 Å². The normalized spacial score (nSPS) is 11.6. The molecule has 0 bridgehead atoms. The van der Waals surface area contributed by atoms with Gasteiger partial charge in [0.25, 0.3) is 11.5 Å². The van der Waals surface area contributed by atoms with E-state index in [4.69, 9.17) is 10.5 Å². The number of aromatic nitrogens is 1. The third-order valence-corrected chi connectivity index (χ3v) is 3.34. The maximum atomic E-state index is 13.2. The van der Waals surface area contributed by atoms with E-state index in [-0.39, 0.29) is 12.6 Å². The summed E-state index contributed by atoms with van der Waals surface area (Å²) >= 11 is 0. The Bertz CT molecular complexity index is 842. The van der Waals surface area contributed by atoms with Crippen LogP contribution in [0.3, 0.4) is 0 Å². The number of benzene rings is 1. The van der Waals surface area contributed by atoms with Gasteiger partial charge in [-0.15, -0.1) is 0 Å². The summed E-state index contributed by atoms with van der Waals surface area (Å²) < 4.78 is 45.6. The largest absolute Gasteiger partial charge is 0.491 e. The first kappa shape index (κ1) is 18.6. The van der Waals surface area contributed by atoms with Crippen molar-refractivity contribution in [2.24, 2.45) is 5.73 Å². The van der Waals surface area contributed by atoms with E-state index in [9.17, 15) is 22.8 Å². The third-order valence-electron chi connectivity index (χ3n) is 3.34. The molecule has 2 aromatic rings. The van der Waals surface area contributed by atoms with Crippen molar-refractivity contribution in [1.29, 1.82) is 0 Å². The van der Waals surface area contributed by atoms with Crippen LogP contribution < -0.4 is 16.0 Å². The van der Waals surface area contributed by atoms with Gasteiger partial charge in [0.15, 0.2) is 0 Å². The highest BCUT2D eigenvalue weighted by Crippen LogP contribution is 2.29. The minimum absolute atomic E-state index is 0.109. The molecular weight excluding hydrogens is 337 g/mol. The lowest BCUT2D eigenvalue weighted by Crippen LogP contribution is -2.34. The molecule has 1 amide bonds. The molecule has 1 aromatic heterocycles. The number of nitrogens with zero attached hydrogens (tertiary/aromatic N) is 1. The standard InChI is InChI=1S/C17H17F3N2O3/c1-10(2)25-12-5-3-4-11(8-12)9-22-14(17(18,19)20)7-6-13(15(21)23)16(22)24/h3-8,10H,9H2,1-2H3,(H2,21,23). The number of carbonyl (C=O) groups excluding carboxylic acids is 1. The van der Waals surface area contributed by atoms with Gasteiger partial charge in [0.2, 0.25) is 0 Å². The van der Waals surface area contributed by atoms with Crippen molar-refractivity contribution in [1.82, 2.24) is 4.57 Å². The first-order chi connectivity index (χ1) is 11.6. The van der Waals surface area contributed by atoms with Crippen molar-refractivity contribution < 1.29 is 22.7 Å². The average molecular weight is 354 g/mol. The Morgan fingerprint density at radius 2 is 1.92 bits per heavy atom. The van der Waals surface area contributed by atoms with Crippen molar-refractivity contribution in [3.8, 4) is 5.75 Å². The molecule has 2 N–H and O–H groups in total. The summed E-state index contributed by atoms with van der Waals surface area (Å²) in [6, 6.07) is 7.86. The fraction of sp³-hybridized carbons (Fsp3) is 0.294. The maximum Gasteiger partial charge on any atom is 0.431 e. The summed E-state index contributed by atoms with van der Waals surface area (Å²) in [7, 11) is 0. The van der Waals surface area contributed by atoms with Gasteiger partial charge in [-0.25, -0.2) is 0 Å². The minimum Gasteiger partial charge on any atom is -0.491 e. The molecular formula is C17H17F3N2O3. The highest BCUT2D eigenvalue weighted by atomic mass is 19.4. The van der Waals surface area contributed by atoms with E-state index in [0.29, 0.717) is 21.9 Å². The maximum absolute atomic E-state index is 13.2. The Kier molecular flexibility index (Phi) is 5.20. The minimum atomic E-state index is -4.75. The fourth-order valence-corrected chi connectivity index (χ4v) is 2.34. The topological polar surface area (TPSA) is 74.3 Å². The summed E-state index contributed by atoms with van der Waals surface area (Å²) in [5, 5.41) is 0. The van der Waals surface area contributed by atoms with Crippen LogP contribution in [0.5, 0.6) is 5.75 Å². The van der Waals surface area contributed by atoms with Gasteiger partial charge in [-0.05, 0) is 43.7 Å². The monoisotopic (exact) mass is 354 g/mol. The van der Waals surface area contributed by atoms with Crippen molar-refractivity contribution >= 4 is 5.91 Å². The average Bonchev–Trinajstić information content (AvgIpc) is 2.47. The van der Waals surface area contributed by atoms with Crippen LogP contribution in [0.1, 0.15) is 35.5 Å². The predicted octanol–water partition coefficient (Wildman–Crippen LogP) is 2.80. The number of alkyl halides is 3. The molecule has 0 unspecified atom stereocenters. The second-order valence-electron chi connectivity index (χ2n) is 5.70. The van der Waals surface area contributed by atoms with E-state index in [2.05, 4.69) is 0 Å². The molecule has 0 aliphatic carbocycles. The van der Waals surface area contributed by atoms with Crippen molar-refractivity contribution in [2.45, 2.75) is 32.7 Å². The van der Waals surface area contributed by atoms with E-state index < -0.39 is 28.9 Å². The molecule has 0 aliphatic rings. The van der Waals surface area contributed by atoms with Gasteiger partial charge < -0.3 is 10.5 Å². The number of carbonyl (C=O) groups is 1. The zero-order chi connectivity index (χ0) is 18.8. The Morgan fingerprint density at radius 1 is 1.24 bits per heavy atom. The predicted molar refractivity (Wildman–Crippen MR) is 85.5 cm³/mol. The van der Waals surface area contributed by atoms with Crippen LogP contribution in [-0.4, -0.2) is 16.6 Å². The van der Waals surface area contributed by atoms with Crippen LogP contribution in [-0.2, 0) is 12.7 Å². The second kappa shape index (κ2) is 7.00. The van der Waals surface area contributed by atoms with Crippen LogP contribution in [0.2, 0.25) is 0 Å². The molecule has 0 aliphatic heterocycles. The number of ether oxygens (including phenoxy) is 1. The molecule has 0 saturated heterocycles. The zero-order valence-electron chi connectivity index (χ0n) is 13.6. The third kappa shape index (κ3) is 4.40. The number of hydrogen-bond acceptors (Lipinski definition) is 3. The van der Waals surface area contributed by atoms with Gasteiger partial charge >= 0.3 is 6.18 Å². The number of pyridine rings is 1. The lowest BCUT2D eigenvalue weighted by molar-refractivity contribution is -0.144. The van der Waals surface area contributed by atoms with Crippen molar-refractivity contribution in [3.05, 3.63) is 63.6 Å². The van der Waals surface area contributed by atoms with Crippen LogP contribution in [0.4, 0.5) is 13.2 Å². The molecule has 0 saturated carbocycles. The van der Waals surface area contributed by atoms with E-state index in [1.807, 2.05) is 13.8 Å². The van der Waals surface area contributed by atoms with E-state index in [1.54, 1.807) is 24.3 Å². The summed E-state index contributed by atoms with van der Waals surface area (Å²) in [4.78, 5) is 23.5. The van der Waals surface area contributed by atoms with Crippen LogP contribution in [0.25, 0.3) is 0 Å². The first-order valence-corrected chi connectivity index (χ1v) is 7.46. The number of rotatable bonds is 5. The number of hydrogen-bond donors (Lipinski definition) is 1. The molecule has 2 rings (SSSR count). The Morgan fingerprint density at radius 3 is 2.48 bits per heavy atom. The highest BCUT2D eigenvalue weighted by Gasteiger charge is 2.35. The Hall–Kier alpha value is -2.77. The summed E-state index contributed by atoms with van der Waals surface area (Å²) in [6.07, 6.45) is -4.86. The van der Waals surface area contributed by atoms with Crippen LogP contribution in [0.15, 0.2) is 41.2 Å². The van der Waals surface area contributed by atoms with Gasteiger partial charge in [0, 0.05) is 0 Å². The van der Waals surface area contributed by atoms with Crippen LogP contribution in [0, 0.1) is 0 Å². The summed E-state index contributed by atoms with van der Waals surface area (Å²) in [6.45, 7) is 3.26. The summed E-state index contributed by atoms with van der Waals surface area (Å²) in [5.41, 5.74) is 2.75. The smallest absolute Gasteiger partial charge is 0.431 e. The molecule has 0 radical (unpaired) electrons. The Balaban J connectivity index is 2.52. The molecule has 134 valence electrons. The molecule has 25 heavy (non-hydrogen) atoms. The molecule has 0 spiro atoms. The van der Waals surface area contributed by atoms with E-state index in [1.165, 1.54) is 0 Å². The number of nitrogens with two attached hydrogens (primary N) is 1. The second-order valence-corrected chi connectivity index (χ2v) is 5.70. The van der Waals surface area contributed by atoms with Gasteiger partial charge in [-0.2, -0.15) is 13.2 Å².